The van der Waals surface area contributed by atoms with Crippen LogP contribution in [0.4, 0.5) is 0 Å². The van der Waals surface area contributed by atoms with E-state index in [1.807, 2.05) is 10.3 Å². The van der Waals surface area contributed by atoms with Gasteiger partial charge < -0.3 is 15.5 Å². The zero-order valence-corrected chi connectivity index (χ0v) is 16.3. The van der Waals surface area contributed by atoms with Crippen LogP contribution < -0.4 is 5.73 Å². The van der Waals surface area contributed by atoms with Crippen molar-refractivity contribution in [3.05, 3.63) is 52.0 Å². The number of nitrogens with zero attached hydrogens (tertiary/aromatic N) is 3. The summed E-state index contributed by atoms with van der Waals surface area (Å²) >= 11 is 1.53. The van der Waals surface area contributed by atoms with Crippen LogP contribution in [0.5, 0.6) is 0 Å². The van der Waals surface area contributed by atoms with Gasteiger partial charge in [-0.05, 0) is 37.9 Å². The molecule has 5 nitrogen and oxygen atoms in total. The molecule has 0 bridgehead atoms. The molecule has 1 aromatic carbocycles. The molecule has 0 atom stereocenters. The van der Waals surface area contributed by atoms with Crippen LogP contribution in [-0.4, -0.2) is 53.9 Å². The smallest absolute Gasteiger partial charge is 0.273 e. The zero-order valence-electron chi connectivity index (χ0n) is 15.4. The number of carbonyl (C=O) groups is 1. The SMILES string of the molecule is CN(Cc1ccccc1)CC1CCN(C(=O)c2csc(CCN)n2)CC1. The number of carbonyl (C=O) groups excluding carboxylic acids is 1. The van der Waals surface area contributed by atoms with Gasteiger partial charge >= 0.3 is 0 Å². The number of aromatic nitrogens is 1. The number of rotatable bonds is 7. The highest BCUT2D eigenvalue weighted by atomic mass is 32.1. The molecule has 0 radical (unpaired) electrons. The summed E-state index contributed by atoms with van der Waals surface area (Å²) in [7, 11) is 2.18. The van der Waals surface area contributed by atoms with Gasteiger partial charge in [0.1, 0.15) is 5.69 Å². The molecule has 140 valence electrons. The van der Waals surface area contributed by atoms with Gasteiger partial charge in [0, 0.05) is 38.0 Å². The fourth-order valence-electron chi connectivity index (χ4n) is 3.53. The van der Waals surface area contributed by atoms with E-state index in [0.29, 0.717) is 18.2 Å². The van der Waals surface area contributed by atoms with Gasteiger partial charge in [-0.2, -0.15) is 0 Å². The molecule has 0 aliphatic carbocycles. The van der Waals surface area contributed by atoms with E-state index in [2.05, 4.69) is 47.3 Å². The maximum Gasteiger partial charge on any atom is 0.273 e. The molecule has 1 amide bonds. The lowest BCUT2D eigenvalue weighted by Gasteiger charge is -2.33. The minimum atomic E-state index is 0.0700. The minimum Gasteiger partial charge on any atom is -0.337 e. The Bertz CT molecular complexity index is 695. The summed E-state index contributed by atoms with van der Waals surface area (Å²) in [5, 5.41) is 2.82. The highest BCUT2D eigenvalue weighted by Crippen LogP contribution is 2.21. The molecule has 0 unspecified atom stereocenters. The average Bonchev–Trinajstić information content (AvgIpc) is 3.11. The Balaban J connectivity index is 1.45. The fraction of sp³-hybridized carbons (Fsp3) is 0.500. The first-order valence-electron chi connectivity index (χ1n) is 9.32. The molecular formula is C20H28N4OS. The standard InChI is InChI=1S/C20H28N4OS/c1-23(13-16-5-3-2-4-6-16)14-17-8-11-24(12-9-17)20(25)18-15-26-19(22-18)7-10-21/h2-6,15,17H,7-14,21H2,1H3. The Kier molecular flexibility index (Phi) is 6.77. The molecule has 2 heterocycles. The zero-order chi connectivity index (χ0) is 18.4. The van der Waals surface area contributed by atoms with E-state index in [1.165, 1.54) is 16.9 Å². The topological polar surface area (TPSA) is 62.5 Å². The third-order valence-electron chi connectivity index (χ3n) is 4.90. The van der Waals surface area contributed by atoms with Crippen molar-refractivity contribution in [1.82, 2.24) is 14.8 Å². The predicted octanol–water partition coefficient (Wildman–Crippen LogP) is 2.63. The van der Waals surface area contributed by atoms with Crippen LogP contribution in [0, 0.1) is 5.92 Å². The van der Waals surface area contributed by atoms with Gasteiger partial charge in [0.2, 0.25) is 0 Å². The molecule has 1 fully saturated rings. The molecule has 6 heteroatoms. The highest BCUT2D eigenvalue weighted by Gasteiger charge is 2.25. The first kappa shape index (κ1) is 19.0. The molecule has 3 rings (SSSR count). The van der Waals surface area contributed by atoms with E-state index in [1.54, 1.807) is 0 Å². The largest absolute Gasteiger partial charge is 0.337 e. The van der Waals surface area contributed by atoms with Crippen LogP contribution in [0.15, 0.2) is 35.7 Å². The molecular weight excluding hydrogens is 344 g/mol. The second-order valence-electron chi connectivity index (χ2n) is 7.08. The van der Waals surface area contributed by atoms with Crippen LogP contribution in [-0.2, 0) is 13.0 Å². The third kappa shape index (κ3) is 5.13. The quantitative estimate of drug-likeness (QED) is 0.812. The van der Waals surface area contributed by atoms with Gasteiger partial charge in [-0.3, -0.25) is 4.79 Å². The Morgan fingerprint density at radius 1 is 1.31 bits per heavy atom. The Hall–Kier alpha value is -1.76. The number of nitrogens with two attached hydrogens (primary N) is 1. The van der Waals surface area contributed by atoms with E-state index in [-0.39, 0.29) is 5.91 Å². The van der Waals surface area contributed by atoms with Crippen LogP contribution in [0.25, 0.3) is 0 Å². The summed E-state index contributed by atoms with van der Waals surface area (Å²) in [6.07, 6.45) is 2.86. The normalized spacial score (nSPS) is 15.6. The van der Waals surface area contributed by atoms with Crippen LogP contribution in [0.3, 0.4) is 0 Å². The Labute approximate surface area is 159 Å². The Morgan fingerprint density at radius 2 is 2.04 bits per heavy atom. The number of hydrogen-bond donors (Lipinski definition) is 1. The molecule has 1 saturated heterocycles. The van der Waals surface area contributed by atoms with Crippen molar-refractivity contribution in [2.24, 2.45) is 11.7 Å². The summed E-state index contributed by atoms with van der Waals surface area (Å²) in [6, 6.07) is 10.6. The number of likely N-dealkylation sites (tertiary alicyclic amines) is 1. The summed E-state index contributed by atoms with van der Waals surface area (Å²) in [6.45, 7) is 4.28. The van der Waals surface area contributed by atoms with Crippen LogP contribution in [0.2, 0.25) is 0 Å². The van der Waals surface area contributed by atoms with Crippen molar-refractivity contribution in [3.8, 4) is 0 Å². The summed E-state index contributed by atoms with van der Waals surface area (Å²) < 4.78 is 0. The lowest BCUT2D eigenvalue weighted by atomic mass is 9.96. The molecule has 26 heavy (non-hydrogen) atoms. The van der Waals surface area contributed by atoms with Crippen molar-refractivity contribution in [1.29, 1.82) is 0 Å². The first-order valence-corrected chi connectivity index (χ1v) is 10.2. The van der Waals surface area contributed by atoms with Gasteiger partial charge in [-0.15, -0.1) is 11.3 Å². The fourth-order valence-corrected chi connectivity index (χ4v) is 4.32. The van der Waals surface area contributed by atoms with Crippen LogP contribution in [0.1, 0.15) is 33.9 Å². The Morgan fingerprint density at radius 3 is 2.73 bits per heavy atom. The van der Waals surface area contributed by atoms with Crippen LogP contribution >= 0.6 is 11.3 Å². The second kappa shape index (κ2) is 9.26. The molecule has 0 spiro atoms. The van der Waals surface area contributed by atoms with E-state index in [9.17, 15) is 4.79 Å². The van der Waals surface area contributed by atoms with Crippen molar-refractivity contribution >= 4 is 17.2 Å². The van der Waals surface area contributed by atoms with E-state index in [0.717, 1.165) is 50.4 Å². The highest BCUT2D eigenvalue weighted by molar-refractivity contribution is 7.09. The number of thiazole rings is 1. The number of amides is 1. The molecule has 2 N–H and O–H groups in total. The summed E-state index contributed by atoms with van der Waals surface area (Å²) in [5.74, 6) is 0.719. The molecule has 1 aliphatic heterocycles. The van der Waals surface area contributed by atoms with Crippen molar-refractivity contribution in [2.45, 2.75) is 25.8 Å². The van der Waals surface area contributed by atoms with Gasteiger partial charge in [0.25, 0.3) is 5.91 Å². The van der Waals surface area contributed by atoms with Crippen molar-refractivity contribution in [3.63, 3.8) is 0 Å². The van der Waals surface area contributed by atoms with E-state index < -0.39 is 0 Å². The van der Waals surface area contributed by atoms with E-state index in [4.69, 9.17) is 5.73 Å². The lowest BCUT2D eigenvalue weighted by molar-refractivity contribution is 0.0667. The number of piperidine rings is 1. The monoisotopic (exact) mass is 372 g/mol. The second-order valence-corrected chi connectivity index (χ2v) is 8.03. The first-order chi connectivity index (χ1) is 12.7. The predicted molar refractivity (Wildman–Crippen MR) is 106 cm³/mol. The summed E-state index contributed by atoms with van der Waals surface area (Å²) in [5.41, 5.74) is 7.49. The van der Waals surface area contributed by atoms with E-state index >= 15 is 0 Å². The van der Waals surface area contributed by atoms with Crippen molar-refractivity contribution < 1.29 is 4.79 Å². The molecule has 2 aromatic rings. The molecule has 1 aliphatic rings. The molecule has 1 aromatic heterocycles. The minimum absolute atomic E-state index is 0.0700. The summed E-state index contributed by atoms with van der Waals surface area (Å²) in [4.78, 5) is 21.4. The van der Waals surface area contributed by atoms with Gasteiger partial charge in [-0.25, -0.2) is 4.98 Å². The number of benzene rings is 1. The van der Waals surface area contributed by atoms with Gasteiger partial charge in [-0.1, -0.05) is 30.3 Å². The van der Waals surface area contributed by atoms with Crippen molar-refractivity contribution in [2.75, 3.05) is 33.2 Å². The van der Waals surface area contributed by atoms with Gasteiger partial charge in [0.05, 0.1) is 5.01 Å². The maximum atomic E-state index is 12.6. The number of hydrogen-bond acceptors (Lipinski definition) is 5. The lowest BCUT2D eigenvalue weighted by Crippen LogP contribution is -2.41. The van der Waals surface area contributed by atoms with Gasteiger partial charge in [0.15, 0.2) is 0 Å². The average molecular weight is 373 g/mol. The third-order valence-corrected chi connectivity index (χ3v) is 5.80. The maximum absolute atomic E-state index is 12.6. The molecule has 0 saturated carbocycles.